The van der Waals surface area contributed by atoms with Crippen molar-refractivity contribution >= 4 is 28.2 Å². The maximum absolute atomic E-state index is 11.4. The number of halogens is 1. The molecule has 0 amide bonds. The zero-order valence-electron chi connectivity index (χ0n) is 7.63. The van der Waals surface area contributed by atoms with Crippen LogP contribution in [0.25, 0.3) is 5.65 Å². The van der Waals surface area contributed by atoms with Gasteiger partial charge in [-0.2, -0.15) is 9.61 Å². The molecule has 14 heavy (non-hydrogen) atoms. The predicted octanol–water partition coefficient (Wildman–Crippen LogP) is 0.950. The van der Waals surface area contributed by atoms with Gasteiger partial charge in [-0.3, -0.25) is 4.79 Å². The SMILES string of the molecule is Cc1nn2c(O)c(C)c(=O)[nH]c2c1I. The minimum absolute atomic E-state index is 0.102. The Kier molecular flexibility index (Phi) is 2.02. The maximum Gasteiger partial charge on any atom is 0.257 e. The summed E-state index contributed by atoms with van der Waals surface area (Å²) in [6, 6.07) is 0. The third kappa shape index (κ3) is 1.13. The van der Waals surface area contributed by atoms with E-state index in [9.17, 15) is 9.90 Å². The van der Waals surface area contributed by atoms with Gasteiger partial charge in [0.1, 0.15) is 0 Å². The molecule has 2 heterocycles. The second kappa shape index (κ2) is 2.97. The van der Waals surface area contributed by atoms with Crippen LogP contribution in [0, 0.1) is 17.4 Å². The predicted molar refractivity (Wildman–Crippen MR) is 59.7 cm³/mol. The van der Waals surface area contributed by atoms with Crippen LogP contribution >= 0.6 is 22.6 Å². The summed E-state index contributed by atoms with van der Waals surface area (Å²) in [7, 11) is 0. The number of aromatic nitrogens is 3. The van der Waals surface area contributed by atoms with E-state index in [-0.39, 0.29) is 17.0 Å². The summed E-state index contributed by atoms with van der Waals surface area (Å²) in [4.78, 5) is 14.0. The van der Waals surface area contributed by atoms with Crippen molar-refractivity contribution in [3.63, 3.8) is 0 Å². The number of rotatable bonds is 0. The van der Waals surface area contributed by atoms with Crippen molar-refractivity contribution in [3.05, 3.63) is 25.2 Å². The highest BCUT2D eigenvalue weighted by Gasteiger charge is 2.13. The lowest BCUT2D eigenvalue weighted by molar-refractivity contribution is 0.429. The van der Waals surface area contributed by atoms with Crippen molar-refractivity contribution in [1.29, 1.82) is 0 Å². The van der Waals surface area contributed by atoms with Gasteiger partial charge in [-0.1, -0.05) is 0 Å². The van der Waals surface area contributed by atoms with Crippen LogP contribution in [0.4, 0.5) is 0 Å². The first-order chi connectivity index (χ1) is 6.52. The zero-order valence-corrected chi connectivity index (χ0v) is 9.79. The molecule has 0 saturated heterocycles. The van der Waals surface area contributed by atoms with Gasteiger partial charge in [-0.15, -0.1) is 0 Å². The fourth-order valence-corrected chi connectivity index (χ4v) is 1.70. The average Bonchev–Trinajstić information content (AvgIpc) is 2.42. The maximum atomic E-state index is 11.4. The van der Waals surface area contributed by atoms with E-state index in [1.54, 1.807) is 6.92 Å². The molecule has 0 aliphatic carbocycles. The fraction of sp³-hybridized carbons (Fsp3) is 0.250. The summed E-state index contributed by atoms with van der Waals surface area (Å²) in [5, 5.41) is 13.8. The van der Waals surface area contributed by atoms with Gasteiger partial charge in [0.25, 0.3) is 5.56 Å². The second-order valence-corrected chi connectivity index (χ2v) is 4.14. The lowest BCUT2D eigenvalue weighted by Crippen LogP contribution is -2.12. The van der Waals surface area contributed by atoms with Gasteiger partial charge in [0.2, 0.25) is 5.88 Å². The summed E-state index contributed by atoms with van der Waals surface area (Å²) in [5.41, 5.74) is 1.31. The molecule has 0 radical (unpaired) electrons. The van der Waals surface area contributed by atoms with Crippen LogP contribution in [0.2, 0.25) is 0 Å². The second-order valence-electron chi connectivity index (χ2n) is 3.06. The molecule has 0 spiro atoms. The van der Waals surface area contributed by atoms with E-state index in [0.717, 1.165) is 9.26 Å². The lowest BCUT2D eigenvalue weighted by atomic mass is 10.3. The molecular formula is C8H8IN3O2. The third-order valence-corrected chi connectivity index (χ3v) is 3.39. The van der Waals surface area contributed by atoms with Crippen LogP contribution in [0.3, 0.4) is 0 Å². The minimum atomic E-state index is -0.284. The number of nitrogens with one attached hydrogen (secondary N) is 1. The molecule has 0 atom stereocenters. The molecule has 0 bridgehead atoms. The summed E-state index contributed by atoms with van der Waals surface area (Å²) >= 11 is 2.08. The van der Waals surface area contributed by atoms with Gasteiger partial charge in [-0.05, 0) is 36.4 Å². The Balaban J connectivity index is 3.05. The molecule has 74 valence electrons. The van der Waals surface area contributed by atoms with Crippen molar-refractivity contribution in [1.82, 2.24) is 14.6 Å². The van der Waals surface area contributed by atoms with E-state index < -0.39 is 0 Å². The number of H-pyrrole nitrogens is 1. The summed E-state index contributed by atoms with van der Waals surface area (Å²) < 4.78 is 2.18. The molecule has 2 aromatic rings. The molecular weight excluding hydrogens is 297 g/mol. The van der Waals surface area contributed by atoms with E-state index in [2.05, 4.69) is 32.7 Å². The Morgan fingerprint density at radius 1 is 1.50 bits per heavy atom. The lowest BCUT2D eigenvalue weighted by Gasteiger charge is -1.99. The Morgan fingerprint density at radius 2 is 2.14 bits per heavy atom. The summed E-state index contributed by atoms with van der Waals surface area (Å²) in [6.45, 7) is 3.37. The van der Waals surface area contributed by atoms with E-state index in [4.69, 9.17) is 0 Å². The number of aromatic hydroxyl groups is 1. The number of aryl methyl sites for hydroxylation is 1. The van der Waals surface area contributed by atoms with Gasteiger partial charge in [0, 0.05) is 0 Å². The summed E-state index contributed by atoms with van der Waals surface area (Å²) in [5.74, 6) is -0.102. The average molecular weight is 305 g/mol. The first-order valence-corrected chi connectivity index (χ1v) is 5.07. The Hall–Kier alpha value is -1.05. The van der Waals surface area contributed by atoms with Crippen LogP contribution < -0.4 is 5.56 Å². The van der Waals surface area contributed by atoms with Gasteiger partial charge in [0.15, 0.2) is 5.65 Å². The Labute approximate surface area is 92.9 Å². The van der Waals surface area contributed by atoms with Crippen molar-refractivity contribution in [3.8, 4) is 5.88 Å². The molecule has 2 aromatic heterocycles. The Morgan fingerprint density at radius 3 is 2.79 bits per heavy atom. The molecule has 2 N–H and O–H groups in total. The van der Waals surface area contributed by atoms with Crippen LogP contribution in [0.15, 0.2) is 4.79 Å². The highest BCUT2D eigenvalue weighted by molar-refractivity contribution is 14.1. The normalized spacial score (nSPS) is 11.1. The smallest absolute Gasteiger partial charge is 0.257 e. The largest absolute Gasteiger partial charge is 0.493 e. The number of hydrogen-bond acceptors (Lipinski definition) is 3. The van der Waals surface area contributed by atoms with E-state index in [0.29, 0.717) is 5.65 Å². The molecule has 0 aliphatic rings. The highest BCUT2D eigenvalue weighted by atomic mass is 127. The topological polar surface area (TPSA) is 70.4 Å². The van der Waals surface area contributed by atoms with Crippen molar-refractivity contribution < 1.29 is 5.11 Å². The summed E-state index contributed by atoms with van der Waals surface area (Å²) in [6.07, 6.45) is 0. The molecule has 5 nitrogen and oxygen atoms in total. The standard InChI is InChI=1S/C8H8IN3O2/c1-3-7(13)10-6-5(9)4(2)11-12(6)8(3)14/h14H,1-2H3,(H,10,13). The molecule has 0 aliphatic heterocycles. The zero-order chi connectivity index (χ0) is 10.5. The van der Waals surface area contributed by atoms with E-state index >= 15 is 0 Å². The van der Waals surface area contributed by atoms with Gasteiger partial charge in [0.05, 0.1) is 14.8 Å². The molecule has 0 aromatic carbocycles. The molecule has 2 rings (SSSR count). The number of nitrogens with zero attached hydrogens (tertiary/aromatic N) is 2. The monoisotopic (exact) mass is 305 g/mol. The molecule has 0 saturated carbocycles. The Bertz CT molecular complexity index is 570. The number of fused-ring (bicyclic) bond motifs is 1. The molecule has 6 heteroatoms. The van der Waals surface area contributed by atoms with E-state index in [1.807, 2.05) is 6.92 Å². The number of hydrogen-bond donors (Lipinski definition) is 2. The fourth-order valence-electron chi connectivity index (χ4n) is 1.23. The van der Waals surface area contributed by atoms with Crippen molar-refractivity contribution in [2.45, 2.75) is 13.8 Å². The quantitative estimate of drug-likeness (QED) is 0.712. The first kappa shape index (κ1) is 9.50. The molecule has 0 fully saturated rings. The van der Waals surface area contributed by atoms with E-state index in [1.165, 1.54) is 4.52 Å². The van der Waals surface area contributed by atoms with Gasteiger partial charge >= 0.3 is 0 Å². The van der Waals surface area contributed by atoms with Crippen LogP contribution in [-0.2, 0) is 0 Å². The van der Waals surface area contributed by atoms with Crippen molar-refractivity contribution in [2.75, 3.05) is 0 Å². The molecule has 0 unspecified atom stereocenters. The highest BCUT2D eigenvalue weighted by Crippen LogP contribution is 2.19. The van der Waals surface area contributed by atoms with Crippen molar-refractivity contribution in [2.24, 2.45) is 0 Å². The van der Waals surface area contributed by atoms with Gasteiger partial charge in [-0.25, -0.2) is 0 Å². The number of aromatic amines is 1. The van der Waals surface area contributed by atoms with Crippen LogP contribution in [-0.4, -0.2) is 19.7 Å². The van der Waals surface area contributed by atoms with Crippen LogP contribution in [0.1, 0.15) is 11.3 Å². The third-order valence-electron chi connectivity index (χ3n) is 2.10. The van der Waals surface area contributed by atoms with Crippen LogP contribution in [0.5, 0.6) is 5.88 Å². The minimum Gasteiger partial charge on any atom is -0.493 e. The first-order valence-electron chi connectivity index (χ1n) is 3.99. The van der Waals surface area contributed by atoms with Gasteiger partial charge < -0.3 is 10.1 Å².